The monoisotopic (exact) mass is 489 g/mol. The van der Waals surface area contributed by atoms with Gasteiger partial charge in [0.1, 0.15) is 0 Å². The van der Waals surface area contributed by atoms with Gasteiger partial charge < -0.3 is 19.8 Å². The minimum Gasteiger partial charge on any atom is -0.346 e. The summed E-state index contributed by atoms with van der Waals surface area (Å²) in [7, 11) is 0. The first-order chi connectivity index (χ1) is 10.9. The molecule has 0 bridgehead atoms. The fourth-order valence-corrected chi connectivity index (χ4v) is 2.61. The normalized spacial score (nSPS) is 23.7. The summed E-state index contributed by atoms with van der Waals surface area (Å²) in [5.41, 5.74) is 0.216. The topological polar surface area (TPSA) is 12.4 Å². The van der Waals surface area contributed by atoms with Gasteiger partial charge in [-0.3, -0.25) is 0 Å². The van der Waals surface area contributed by atoms with E-state index in [9.17, 15) is 0 Å². The van der Waals surface area contributed by atoms with Crippen molar-refractivity contribution in [2.24, 2.45) is 15.2 Å². The first-order valence-corrected chi connectivity index (χ1v) is 11.0. The van der Waals surface area contributed by atoms with E-state index < -0.39 is 0 Å². The van der Waals surface area contributed by atoms with E-state index in [1.165, 1.54) is 57.8 Å². The molecule has 0 amide bonds. The number of nitrogens with zero attached hydrogens (tertiary/aromatic N) is 1. The summed E-state index contributed by atoms with van der Waals surface area (Å²) in [4.78, 5) is 0. The second-order valence-corrected chi connectivity index (χ2v) is 8.29. The quantitative estimate of drug-likeness (QED) is 0.337. The average Bonchev–Trinajstić information content (AvgIpc) is 2.59. The zero-order valence-electron chi connectivity index (χ0n) is 16.8. The summed E-state index contributed by atoms with van der Waals surface area (Å²) in [6.07, 6.45) is 17.5. The molecule has 2 saturated carbocycles. The smallest absolute Gasteiger partial charge is 0.0527 e. The van der Waals surface area contributed by atoms with Gasteiger partial charge in [0.15, 0.2) is 0 Å². The van der Waals surface area contributed by atoms with E-state index in [1.807, 2.05) is 0 Å². The van der Waals surface area contributed by atoms with E-state index in [1.54, 1.807) is 6.92 Å². The third-order valence-corrected chi connectivity index (χ3v) is 6.15. The van der Waals surface area contributed by atoms with Crippen LogP contribution in [0.15, 0.2) is 3.34 Å². The second kappa shape index (κ2) is 17.4. The van der Waals surface area contributed by atoms with Crippen molar-refractivity contribution in [1.29, 1.82) is 0 Å². The van der Waals surface area contributed by atoms with Crippen LogP contribution in [0.4, 0.5) is 0 Å². The molecule has 0 aliphatic heterocycles. The standard InChI is InChI=1S/C9H17.C6H11.C4H9N.C2H5.Ta/c1-3-9-6-4-5-8(2)7-9;1-2-4-6-5-3-1;1-4(2,3)5;1-2;/h4,8-9H,3,5-7H2,1-2H3;1H,2-6H2;1-3H3;1H2,2H3;/q2*-1;;-1;. The summed E-state index contributed by atoms with van der Waals surface area (Å²) >= 11 is 1.15. The maximum Gasteiger partial charge on any atom is -0.0527 e. The Morgan fingerprint density at radius 3 is 1.78 bits per heavy atom. The first-order valence-electron chi connectivity index (χ1n) is 9.59. The molecule has 139 valence electrons. The van der Waals surface area contributed by atoms with Crippen molar-refractivity contribution in [3.8, 4) is 0 Å². The zero-order chi connectivity index (χ0) is 18.1. The third kappa shape index (κ3) is 20.5. The Kier molecular flexibility index (Phi) is 19.5. The first kappa shape index (κ1) is 25.8. The Balaban J connectivity index is 0. The second-order valence-electron chi connectivity index (χ2n) is 7.57. The summed E-state index contributed by atoms with van der Waals surface area (Å²) in [6, 6.07) is 0. The third-order valence-electron chi connectivity index (χ3n) is 4.00. The summed E-state index contributed by atoms with van der Waals surface area (Å²) in [5, 5.41) is 0. The number of hydrogen-bond donors (Lipinski definition) is 0. The molecule has 23 heavy (non-hydrogen) atoms. The van der Waals surface area contributed by atoms with Crippen LogP contribution in [0.2, 0.25) is 0 Å². The fourth-order valence-electron chi connectivity index (χ4n) is 2.61. The van der Waals surface area contributed by atoms with Crippen LogP contribution < -0.4 is 0 Å². The summed E-state index contributed by atoms with van der Waals surface area (Å²) in [5.74, 6) is 1.97. The minimum atomic E-state index is 0.216. The van der Waals surface area contributed by atoms with Crippen LogP contribution in [0.25, 0.3) is 0 Å². The van der Waals surface area contributed by atoms with Crippen molar-refractivity contribution in [2.45, 2.75) is 105 Å². The molecule has 2 unspecified atom stereocenters. The Hall–Kier alpha value is 0.540. The molecule has 2 fully saturated rings. The molecule has 0 aromatic carbocycles. The van der Waals surface area contributed by atoms with Gasteiger partial charge in [-0.2, -0.15) is 32.6 Å². The molecule has 0 heterocycles. The van der Waals surface area contributed by atoms with Crippen molar-refractivity contribution in [2.75, 3.05) is 0 Å². The largest absolute Gasteiger partial charge is 0.346 e. The van der Waals surface area contributed by atoms with Crippen LogP contribution in [0, 0.1) is 31.6 Å². The maximum absolute atomic E-state index is 4.13. The Morgan fingerprint density at radius 2 is 1.57 bits per heavy atom. The predicted octanol–water partition coefficient (Wildman–Crippen LogP) is 7.55. The fraction of sp³-hybridized carbons (Fsp3) is 0.857. The van der Waals surface area contributed by atoms with Gasteiger partial charge >= 0.3 is 50.5 Å². The maximum atomic E-state index is 4.13. The van der Waals surface area contributed by atoms with Crippen LogP contribution in [-0.2, 0) is 20.9 Å². The molecule has 2 rings (SSSR count). The molecule has 0 aromatic heterocycles. The van der Waals surface area contributed by atoms with Crippen LogP contribution in [0.5, 0.6) is 0 Å². The SMILES string of the molecule is CC(C)(C)[N]=[Ta].CCC1C[CH-]CC(C)C1.[CH-]1CCCCC1.[CH2-]C. The number of hydrogen-bond acceptors (Lipinski definition) is 1. The van der Waals surface area contributed by atoms with Gasteiger partial charge in [-0.25, -0.2) is 0 Å². The van der Waals surface area contributed by atoms with Gasteiger partial charge in [-0.15, -0.1) is 0 Å². The molecule has 2 aliphatic carbocycles. The van der Waals surface area contributed by atoms with Gasteiger partial charge in [0, 0.05) is 0 Å². The van der Waals surface area contributed by atoms with E-state index in [0.29, 0.717) is 0 Å². The van der Waals surface area contributed by atoms with E-state index in [4.69, 9.17) is 0 Å². The predicted molar refractivity (Wildman–Crippen MR) is 102 cm³/mol. The van der Waals surface area contributed by atoms with Crippen LogP contribution >= 0.6 is 0 Å². The van der Waals surface area contributed by atoms with Crippen LogP contribution in [-0.4, -0.2) is 5.54 Å². The van der Waals surface area contributed by atoms with E-state index in [-0.39, 0.29) is 5.54 Å². The molecular formula is C21H42NTa-3. The van der Waals surface area contributed by atoms with Crippen molar-refractivity contribution in [3.63, 3.8) is 0 Å². The molecule has 0 saturated heterocycles. The van der Waals surface area contributed by atoms with Gasteiger partial charge in [0.25, 0.3) is 0 Å². The minimum absolute atomic E-state index is 0.216. The van der Waals surface area contributed by atoms with Crippen LogP contribution in [0.1, 0.15) is 99.3 Å². The molecule has 0 spiro atoms. The van der Waals surface area contributed by atoms with Crippen molar-refractivity contribution in [1.82, 2.24) is 0 Å². The van der Waals surface area contributed by atoms with Crippen molar-refractivity contribution in [3.05, 3.63) is 19.8 Å². The molecule has 0 N–H and O–H groups in total. The molecular weight excluding hydrogens is 447 g/mol. The Morgan fingerprint density at radius 1 is 1.04 bits per heavy atom. The molecule has 2 atom stereocenters. The van der Waals surface area contributed by atoms with Gasteiger partial charge in [0.2, 0.25) is 0 Å². The van der Waals surface area contributed by atoms with Gasteiger partial charge in [0.05, 0.1) is 0 Å². The number of rotatable bonds is 1. The van der Waals surface area contributed by atoms with Crippen LogP contribution in [0.3, 0.4) is 0 Å². The Bertz CT molecular complexity index is 229. The molecule has 0 aromatic rings. The summed E-state index contributed by atoms with van der Waals surface area (Å²) < 4.78 is 4.13. The van der Waals surface area contributed by atoms with Crippen molar-refractivity contribution < 1.29 is 20.9 Å². The van der Waals surface area contributed by atoms with E-state index >= 15 is 0 Å². The molecule has 0 radical (unpaired) electrons. The van der Waals surface area contributed by atoms with Crippen molar-refractivity contribution >= 4 is 0 Å². The zero-order valence-corrected chi connectivity index (χ0v) is 20.0. The molecule has 2 aliphatic rings. The molecule has 2 heteroatoms. The van der Waals surface area contributed by atoms with E-state index in [0.717, 1.165) is 32.7 Å². The van der Waals surface area contributed by atoms with Gasteiger partial charge in [-0.1, -0.05) is 57.8 Å². The summed E-state index contributed by atoms with van der Waals surface area (Å²) in [6.45, 7) is 16.0. The average molecular weight is 490 g/mol. The van der Waals surface area contributed by atoms with Gasteiger partial charge in [-0.05, 0) is 0 Å². The van der Waals surface area contributed by atoms with E-state index in [2.05, 4.69) is 57.7 Å². The Labute approximate surface area is 160 Å². The molecule has 1 nitrogen and oxygen atoms in total.